The number of hydrogen-bond donors (Lipinski definition) is 1. The van der Waals surface area contributed by atoms with E-state index in [4.69, 9.17) is 9.47 Å². The van der Waals surface area contributed by atoms with Crippen molar-refractivity contribution in [2.24, 2.45) is 0 Å². The molecule has 5 heteroatoms. The summed E-state index contributed by atoms with van der Waals surface area (Å²) in [6.45, 7) is 9.34. The predicted molar refractivity (Wildman–Crippen MR) is 115 cm³/mol. The largest absolute Gasteiger partial charge is 0.493 e. The molecule has 1 fully saturated rings. The zero-order valence-electron chi connectivity index (χ0n) is 17.4. The van der Waals surface area contributed by atoms with Crippen LogP contribution in [0.15, 0.2) is 54.6 Å². The SMILES string of the molecule is C=C(C)COc1cc(CNCc2cccc(CN3CCCC3=O)c2)ccc1OC. The molecule has 0 spiro atoms. The van der Waals surface area contributed by atoms with Crippen LogP contribution in [0.5, 0.6) is 11.5 Å². The maximum absolute atomic E-state index is 11.8. The van der Waals surface area contributed by atoms with Crippen LogP contribution in [-0.2, 0) is 24.4 Å². The summed E-state index contributed by atoms with van der Waals surface area (Å²) in [4.78, 5) is 13.8. The lowest BCUT2D eigenvalue weighted by atomic mass is 10.1. The second-order valence-electron chi connectivity index (χ2n) is 7.57. The smallest absolute Gasteiger partial charge is 0.222 e. The normalized spacial score (nSPS) is 13.6. The Morgan fingerprint density at radius 1 is 1.10 bits per heavy atom. The fraction of sp³-hybridized carbons (Fsp3) is 0.375. The van der Waals surface area contributed by atoms with Gasteiger partial charge in [-0.1, -0.05) is 36.9 Å². The number of rotatable bonds is 10. The van der Waals surface area contributed by atoms with Gasteiger partial charge in [-0.15, -0.1) is 0 Å². The molecule has 1 saturated heterocycles. The van der Waals surface area contributed by atoms with Crippen LogP contribution in [0.3, 0.4) is 0 Å². The molecule has 0 unspecified atom stereocenters. The van der Waals surface area contributed by atoms with E-state index in [1.54, 1.807) is 7.11 Å². The van der Waals surface area contributed by atoms with Gasteiger partial charge in [0.1, 0.15) is 6.61 Å². The predicted octanol–water partition coefficient (Wildman–Crippen LogP) is 4.06. The first-order valence-electron chi connectivity index (χ1n) is 10.1. The molecule has 0 aromatic heterocycles. The third-order valence-corrected chi connectivity index (χ3v) is 4.90. The summed E-state index contributed by atoms with van der Waals surface area (Å²) < 4.78 is 11.2. The number of benzene rings is 2. The highest BCUT2D eigenvalue weighted by atomic mass is 16.5. The molecule has 0 saturated carbocycles. The minimum atomic E-state index is 0.262. The molecule has 1 aliphatic rings. The van der Waals surface area contributed by atoms with Crippen molar-refractivity contribution in [2.75, 3.05) is 20.3 Å². The van der Waals surface area contributed by atoms with Crippen LogP contribution in [0.1, 0.15) is 36.5 Å². The molecule has 0 aliphatic carbocycles. The van der Waals surface area contributed by atoms with Gasteiger partial charge in [-0.2, -0.15) is 0 Å². The Morgan fingerprint density at radius 3 is 2.55 bits per heavy atom. The number of nitrogens with one attached hydrogen (secondary N) is 1. The third kappa shape index (κ3) is 6.09. The Hall–Kier alpha value is -2.79. The summed E-state index contributed by atoms with van der Waals surface area (Å²) in [5, 5.41) is 3.48. The molecule has 5 nitrogen and oxygen atoms in total. The Balaban J connectivity index is 1.55. The maximum Gasteiger partial charge on any atom is 0.222 e. The zero-order chi connectivity index (χ0) is 20.6. The Labute approximate surface area is 173 Å². The van der Waals surface area contributed by atoms with Gasteiger partial charge in [0.25, 0.3) is 0 Å². The monoisotopic (exact) mass is 394 g/mol. The highest BCUT2D eigenvalue weighted by Crippen LogP contribution is 2.28. The van der Waals surface area contributed by atoms with Crippen LogP contribution in [0, 0.1) is 0 Å². The number of ether oxygens (including phenoxy) is 2. The summed E-state index contributed by atoms with van der Waals surface area (Å²) in [5.41, 5.74) is 4.48. The minimum absolute atomic E-state index is 0.262. The Kier molecular flexibility index (Phi) is 7.30. The zero-order valence-corrected chi connectivity index (χ0v) is 17.4. The van der Waals surface area contributed by atoms with Crippen molar-refractivity contribution in [3.8, 4) is 11.5 Å². The molecule has 1 amide bonds. The summed E-state index contributed by atoms with van der Waals surface area (Å²) in [5.74, 6) is 1.71. The summed E-state index contributed by atoms with van der Waals surface area (Å²) >= 11 is 0. The quantitative estimate of drug-likeness (QED) is 0.618. The Morgan fingerprint density at radius 2 is 1.86 bits per heavy atom. The molecule has 0 radical (unpaired) electrons. The van der Waals surface area contributed by atoms with Gasteiger partial charge in [-0.05, 0) is 47.7 Å². The van der Waals surface area contributed by atoms with Gasteiger partial charge in [0.15, 0.2) is 11.5 Å². The molecule has 1 heterocycles. The summed E-state index contributed by atoms with van der Waals surface area (Å²) in [7, 11) is 1.64. The first-order valence-corrected chi connectivity index (χ1v) is 10.1. The molecule has 0 bridgehead atoms. The second kappa shape index (κ2) is 10.1. The van der Waals surface area contributed by atoms with Crippen molar-refractivity contribution in [1.29, 1.82) is 0 Å². The van der Waals surface area contributed by atoms with Gasteiger partial charge in [-0.25, -0.2) is 0 Å². The molecule has 1 N–H and O–H groups in total. The highest BCUT2D eigenvalue weighted by molar-refractivity contribution is 5.78. The first-order chi connectivity index (χ1) is 14.0. The minimum Gasteiger partial charge on any atom is -0.493 e. The van der Waals surface area contributed by atoms with Crippen LogP contribution in [-0.4, -0.2) is 31.1 Å². The molecule has 2 aromatic rings. The van der Waals surface area contributed by atoms with E-state index < -0.39 is 0 Å². The fourth-order valence-electron chi connectivity index (χ4n) is 3.43. The summed E-state index contributed by atoms with van der Waals surface area (Å²) in [6, 6.07) is 14.4. The number of hydrogen-bond acceptors (Lipinski definition) is 4. The van der Waals surface area contributed by atoms with E-state index in [1.165, 1.54) is 11.1 Å². The molecular formula is C24H30N2O3. The lowest BCUT2D eigenvalue weighted by Crippen LogP contribution is -2.23. The van der Waals surface area contributed by atoms with Crippen molar-refractivity contribution in [3.63, 3.8) is 0 Å². The Bertz CT molecular complexity index is 863. The number of nitrogens with zero attached hydrogens (tertiary/aromatic N) is 1. The number of amides is 1. The van der Waals surface area contributed by atoms with Gasteiger partial charge >= 0.3 is 0 Å². The van der Waals surface area contributed by atoms with E-state index in [2.05, 4.69) is 36.2 Å². The first kappa shape index (κ1) is 20.9. The number of carbonyl (C=O) groups is 1. The van der Waals surface area contributed by atoms with Crippen molar-refractivity contribution >= 4 is 5.91 Å². The summed E-state index contributed by atoms with van der Waals surface area (Å²) in [6.07, 6.45) is 1.65. The van der Waals surface area contributed by atoms with Gasteiger partial charge in [-0.3, -0.25) is 4.79 Å². The van der Waals surface area contributed by atoms with E-state index in [9.17, 15) is 4.79 Å². The molecule has 154 valence electrons. The van der Waals surface area contributed by atoms with Gasteiger partial charge in [0.2, 0.25) is 5.91 Å². The van der Waals surface area contributed by atoms with Crippen LogP contribution in [0.2, 0.25) is 0 Å². The third-order valence-electron chi connectivity index (χ3n) is 4.90. The van der Waals surface area contributed by atoms with Crippen molar-refractivity contribution in [1.82, 2.24) is 10.2 Å². The standard InChI is InChI=1S/C24H30N2O3/c1-18(2)17-29-23-13-20(9-10-22(23)28-3)15-25-14-19-6-4-7-21(12-19)16-26-11-5-8-24(26)27/h4,6-7,9-10,12-13,25H,1,5,8,11,14-17H2,2-3H3. The second-order valence-corrected chi connectivity index (χ2v) is 7.57. The van der Waals surface area contributed by atoms with Crippen LogP contribution >= 0.6 is 0 Å². The van der Waals surface area contributed by atoms with E-state index >= 15 is 0 Å². The van der Waals surface area contributed by atoms with Crippen LogP contribution in [0.4, 0.5) is 0 Å². The highest BCUT2D eigenvalue weighted by Gasteiger charge is 2.19. The number of likely N-dealkylation sites (tertiary alicyclic amines) is 1. The molecule has 29 heavy (non-hydrogen) atoms. The molecule has 3 rings (SSSR count). The van der Waals surface area contributed by atoms with Crippen molar-refractivity contribution in [3.05, 3.63) is 71.3 Å². The van der Waals surface area contributed by atoms with Gasteiger partial charge in [0, 0.05) is 32.6 Å². The lowest BCUT2D eigenvalue weighted by Gasteiger charge is -2.16. The van der Waals surface area contributed by atoms with Crippen molar-refractivity contribution in [2.45, 2.75) is 39.4 Å². The maximum atomic E-state index is 11.8. The van der Waals surface area contributed by atoms with Crippen LogP contribution < -0.4 is 14.8 Å². The molecular weight excluding hydrogens is 364 g/mol. The lowest BCUT2D eigenvalue weighted by molar-refractivity contribution is -0.128. The van der Waals surface area contributed by atoms with Gasteiger partial charge < -0.3 is 19.7 Å². The van der Waals surface area contributed by atoms with E-state index in [0.717, 1.165) is 48.7 Å². The molecule has 2 aromatic carbocycles. The fourth-order valence-corrected chi connectivity index (χ4v) is 3.43. The van der Waals surface area contributed by atoms with E-state index in [0.29, 0.717) is 19.6 Å². The van der Waals surface area contributed by atoms with Crippen LogP contribution in [0.25, 0.3) is 0 Å². The van der Waals surface area contributed by atoms with Crippen molar-refractivity contribution < 1.29 is 14.3 Å². The van der Waals surface area contributed by atoms with E-state index in [1.807, 2.05) is 30.0 Å². The average Bonchev–Trinajstić information content (AvgIpc) is 3.11. The van der Waals surface area contributed by atoms with E-state index in [-0.39, 0.29) is 5.91 Å². The number of carbonyl (C=O) groups excluding carboxylic acids is 1. The van der Waals surface area contributed by atoms with Gasteiger partial charge in [0.05, 0.1) is 7.11 Å². The topological polar surface area (TPSA) is 50.8 Å². The number of methoxy groups -OCH3 is 1. The molecule has 0 atom stereocenters. The molecule has 1 aliphatic heterocycles. The average molecular weight is 395 g/mol.